The van der Waals surface area contributed by atoms with Gasteiger partial charge in [0.25, 0.3) is 0 Å². The Hall–Kier alpha value is -0.610. The van der Waals surface area contributed by atoms with Crippen LogP contribution in [0.2, 0.25) is 0 Å². The maximum absolute atomic E-state index is 11.8. The van der Waals surface area contributed by atoms with Crippen LogP contribution in [0.5, 0.6) is 0 Å². The lowest BCUT2D eigenvalue weighted by Crippen LogP contribution is -2.45. The van der Waals surface area contributed by atoms with Crippen molar-refractivity contribution in [2.45, 2.75) is 45.3 Å². The van der Waals surface area contributed by atoms with Crippen LogP contribution in [0.3, 0.4) is 0 Å². The number of hydrogen-bond acceptors (Lipinski definition) is 3. The molecule has 1 heterocycles. The van der Waals surface area contributed by atoms with Crippen molar-refractivity contribution in [1.29, 1.82) is 0 Å². The van der Waals surface area contributed by atoms with E-state index >= 15 is 0 Å². The Kier molecular flexibility index (Phi) is 5.77. The first-order chi connectivity index (χ1) is 7.65. The molecule has 1 fully saturated rings. The molecule has 1 aliphatic rings. The minimum atomic E-state index is 0.0478. The number of methoxy groups -OCH3 is 1. The predicted octanol–water partition coefficient (Wildman–Crippen LogP) is 1.44. The smallest absolute Gasteiger partial charge is 0.248 e. The SMILES string of the molecule is COCC(=O)N(C[C@@H]1CCCCO1)C(C)C. The van der Waals surface area contributed by atoms with Gasteiger partial charge in [-0.2, -0.15) is 0 Å². The molecule has 1 atom stereocenters. The molecule has 0 radical (unpaired) electrons. The molecule has 4 nitrogen and oxygen atoms in total. The van der Waals surface area contributed by atoms with Crippen LogP contribution in [-0.2, 0) is 14.3 Å². The molecule has 0 aromatic carbocycles. The average molecular weight is 229 g/mol. The zero-order valence-electron chi connectivity index (χ0n) is 10.6. The Morgan fingerprint density at radius 3 is 2.75 bits per heavy atom. The van der Waals surface area contributed by atoms with E-state index in [4.69, 9.17) is 9.47 Å². The molecular formula is C12H23NO3. The van der Waals surface area contributed by atoms with Gasteiger partial charge in [0.05, 0.1) is 6.10 Å². The number of carbonyl (C=O) groups is 1. The summed E-state index contributed by atoms with van der Waals surface area (Å²) in [6, 6.07) is 0.202. The Morgan fingerprint density at radius 2 is 2.25 bits per heavy atom. The highest BCUT2D eigenvalue weighted by Gasteiger charge is 2.23. The summed E-state index contributed by atoms with van der Waals surface area (Å²) in [5.41, 5.74) is 0. The van der Waals surface area contributed by atoms with Crippen LogP contribution >= 0.6 is 0 Å². The molecule has 1 rings (SSSR count). The first-order valence-corrected chi connectivity index (χ1v) is 6.05. The number of hydrogen-bond donors (Lipinski definition) is 0. The first-order valence-electron chi connectivity index (χ1n) is 6.05. The largest absolute Gasteiger partial charge is 0.376 e. The van der Waals surface area contributed by atoms with Crippen LogP contribution in [0.1, 0.15) is 33.1 Å². The van der Waals surface area contributed by atoms with E-state index < -0.39 is 0 Å². The maximum Gasteiger partial charge on any atom is 0.248 e. The van der Waals surface area contributed by atoms with Crippen LogP contribution < -0.4 is 0 Å². The molecule has 4 heteroatoms. The summed E-state index contributed by atoms with van der Waals surface area (Å²) in [5.74, 6) is 0.0478. The van der Waals surface area contributed by atoms with E-state index in [2.05, 4.69) is 0 Å². The average Bonchev–Trinajstić information content (AvgIpc) is 2.27. The third kappa shape index (κ3) is 4.10. The Bertz CT molecular complexity index is 212. The molecule has 1 saturated heterocycles. The highest BCUT2D eigenvalue weighted by Crippen LogP contribution is 2.15. The fourth-order valence-electron chi connectivity index (χ4n) is 1.98. The molecule has 0 spiro atoms. The Balaban J connectivity index is 2.46. The number of amides is 1. The normalized spacial score (nSPS) is 21.1. The van der Waals surface area contributed by atoms with Gasteiger partial charge >= 0.3 is 0 Å². The van der Waals surface area contributed by atoms with Gasteiger partial charge in [-0.3, -0.25) is 4.79 Å². The number of carbonyl (C=O) groups excluding carboxylic acids is 1. The molecule has 0 aromatic heterocycles. The second-order valence-electron chi connectivity index (χ2n) is 4.56. The van der Waals surface area contributed by atoms with Crippen molar-refractivity contribution in [3.05, 3.63) is 0 Å². The van der Waals surface area contributed by atoms with Crippen molar-refractivity contribution >= 4 is 5.91 Å². The van der Waals surface area contributed by atoms with Gasteiger partial charge in [-0.15, -0.1) is 0 Å². The third-order valence-corrected chi connectivity index (χ3v) is 2.89. The van der Waals surface area contributed by atoms with Crippen molar-refractivity contribution in [2.75, 3.05) is 26.9 Å². The van der Waals surface area contributed by atoms with Crippen LogP contribution in [-0.4, -0.2) is 49.8 Å². The van der Waals surface area contributed by atoms with E-state index in [1.807, 2.05) is 18.7 Å². The van der Waals surface area contributed by atoms with Crippen molar-refractivity contribution < 1.29 is 14.3 Å². The van der Waals surface area contributed by atoms with E-state index in [1.165, 1.54) is 6.42 Å². The van der Waals surface area contributed by atoms with Gasteiger partial charge in [0.1, 0.15) is 6.61 Å². The Morgan fingerprint density at radius 1 is 1.50 bits per heavy atom. The number of nitrogens with zero attached hydrogens (tertiary/aromatic N) is 1. The minimum absolute atomic E-state index is 0.0478. The highest BCUT2D eigenvalue weighted by molar-refractivity contribution is 5.77. The summed E-state index contributed by atoms with van der Waals surface area (Å²) >= 11 is 0. The molecule has 0 aliphatic carbocycles. The lowest BCUT2D eigenvalue weighted by molar-refractivity contribution is -0.139. The second kappa shape index (κ2) is 6.86. The fraction of sp³-hybridized carbons (Fsp3) is 0.917. The molecule has 0 saturated carbocycles. The molecule has 1 aliphatic heterocycles. The minimum Gasteiger partial charge on any atom is -0.376 e. The van der Waals surface area contributed by atoms with Crippen LogP contribution in [0.15, 0.2) is 0 Å². The fourth-order valence-corrected chi connectivity index (χ4v) is 1.98. The van der Waals surface area contributed by atoms with Crippen LogP contribution in [0, 0.1) is 0 Å². The zero-order valence-corrected chi connectivity index (χ0v) is 10.6. The lowest BCUT2D eigenvalue weighted by atomic mass is 10.1. The quantitative estimate of drug-likeness (QED) is 0.716. The van der Waals surface area contributed by atoms with Gasteiger partial charge in [-0.25, -0.2) is 0 Å². The summed E-state index contributed by atoms with van der Waals surface area (Å²) < 4.78 is 10.5. The van der Waals surface area contributed by atoms with Gasteiger partial charge in [0.2, 0.25) is 5.91 Å². The second-order valence-corrected chi connectivity index (χ2v) is 4.56. The molecule has 0 bridgehead atoms. The summed E-state index contributed by atoms with van der Waals surface area (Å²) in [7, 11) is 1.55. The molecule has 94 valence electrons. The summed E-state index contributed by atoms with van der Waals surface area (Å²) in [6.45, 7) is 5.73. The van der Waals surface area contributed by atoms with Crippen LogP contribution in [0.25, 0.3) is 0 Å². The molecule has 0 unspecified atom stereocenters. The van der Waals surface area contributed by atoms with Gasteiger partial charge < -0.3 is 14.4 Å². The summed E-state index contributed by atoms with van der Waals surface area (Å²) in [5, 5.41) is 0. The molecule has 16 heavy (non-hydrogen) atoms. The van der Waals surface area contributed by atoms with Gasteiger partial charge in [0, 0.05) is 26.3 Å². The lowest BCUT2D eigenvalue weighted by Gasteiger charge is -2.32. The van der Waals surface area contributed by atoms with Gasteiger partial charge in [0.15, 0.2) is 0 Å². The zero-order chi connectivity index (χ0) is 12.0. The number of rotatable bonds is 5. The molecule has 1 amide bonds. The third-order valence-electron chi connectivity index (χ3n) is 2.89. The van der Waals surface area contributed by atoms with E-state index in [1.54, 1.807) is 7.11 Å². The molecular weight excluding hydrogens is 206 g/mol. The van der Waals surface area contributed by atoms with Crippen molar-refractivity contribution in [3.63, 3.8) is 0 Å². The van der Waals surface area contributed by atoms with E-state index in [0.717, 1.165) is 19.4 Å². The topological polar surface area (TPSA) is 38.8 Å². The van der Waals surface area contributed by atoms with Crippen LogP contribution in [0.4, 0.5) is 0 Å². The monoisotopic (exact) mass is 229 g/mol. The van der Waals surface area contributed by atoms with E-state index in [0.29, 0.717) is 6.54 Å². The first kappa shape index (κ1) is 13.5. The number of ether oxygens (including phenoxy) is 2. The maximum atomic E-state index is 11.8. The molecule has 0 N–H and O–H groups in total. The van der Waals surface area contributed by atoms with Gasteiger partial charge in [-0.1, -0.05) is 0 Å². The van der Waals surface area contributed by atoms with Crippen molar-refractivity contribution in [2.24, 2.45) is 0 Å². The van der Waals surface area contributed by atoms with E-state index in [9.17, 15) is 4.79 Å². The Labute approximate surface area is 97.9 Å². The standard InChI is InChI=1S/C12H23NO3/c1-10(2)13(12(14)9-15-3)8-11-6-4-5-7-16-11/h10-11H,4-9H2,1-3H3/t11-/m0/s1. The van der Waals surface area contributed by atoms with Gasteiger partial charge in [-0.05, 0) is 33.1 Å². The van der Waals surface area contributed by atoms with Crippen molar-refractivity contribution in [3.8, 4) is 0 Å². The summed E-state index contributed by atoms with van der Waals surface area (Å²) in [6.07, 6.45) is 3.61. The predicted molar refractivity (Wildman–Crippen MR) is 62.3 cm³/mol. The molecule has 0 aromatic rings. The highest BCUT2D eigenvalue weighted by atomic mass is 16.5. The van der Waals surface area contributed by atoms with Crippen molar-refractivity contribution in [1.82, 2.24) is 4.90 Å². The summed E-state index contributed by atoms with van der Waals surface area (Å²) in [4.78, 5) is 13.7. The van der Waals surface area contributed by atoms with E-state index in [-0.39, 0.29) is 24.7 Å².